The van der Waals surface area contributed by atoms with Crippen LogP contribution in [0, 0.1) is 0 Å². The van der Waals surface area contributed by atoms with E-state index in [1.54, 1.807) is 6.08 Å². The van der Waals surface area contributed by atoms with E-state index in [-0.39, 0.29) is 5.97 Å². The van der Waals surface area contributed by atoms with Gasteiger partial charge in [-0.05, 0) is 43.5 Å². The number of imidazole rings is 1. The first kappa shape index (κ1) is 18.6. The van der Waals surface area contributed by atoms with Gasteiger partial charge in [0.1, 0.15) is 11.4 Å². The molecular weight excluding hydrogens is 336 g/mol. The molecule has 0 spiro atoms. The van der Waals surface area contributed by atoms with Crippen LogP contribution in [0.1, 0.15) is 37.7 Å². The highest BCUT2D eigenvalue weighted by Gasteiger charge is 2.13. The van der Waals surface area contributed by atoms with Crippen LogP contribution in [0.2, 0.25) is 0 Å². The second-order valence-electron chi connectivity index (χ2n) is 7.40. The smallest absolute Gasteiger partial charge is 0.331 e. The first-order valence-electron chi connectivity index (χ1n) is 8.98. The minimum absolute atomic E-state index is 0.341. The van der Waals surface area contributed by atoms with Crippen molar-refractivity contribution in [1.29, 1.82) is 0 Å². The molecule has 0 bridgehead atoms. The van der Waals surface area contributed by atoms with E-state index in [4.69, 9.17) is 4.74 Å². The third-order valence-electron chi connectivity index (χ3n) is 3.85. The minimum Gasteiger partial charge on any atom is -0.457 e. The van der Waals surface area contributed by atoms with E-state index in [9.17, 15) is 4.79 Å². The van der Waals surface area contributed by atoms with Crippen molar-refractivity contribution in [3.63, 3.8) is 0 Å². The Labute approximate surface area is 159 Å². The number of rotatable bonds is 5. The van der Waals surface area contributed by atoms with Gasteiger partial charge < -0.3 is 9.72 Å². The number of nitrogens with one attached hydrogen (secondary N) is 1. The quantitative estimate of drug-likeness (QED) is 0.513. The predicted molar refractivity (Wildman–Crippen MR) is 108 cm³/mol. The van der Waals surface area contributed by atoms with Gasteiger partial charge in [-0.1, -0.05) is 54.6 Å². The fourth-order valence-electron chi connectivity index (χ4n) is 2.72. The fourth-order valence-corrected chi connectivity index (χ4v) is 2.72. The van der Waals surface area contributed by atoms with Gasteiger partial charge in [-0.2, -0.15) is 0 Å². The van der Waals surface area contributed by atoms with Crippen LogP contribution in [0.3, 0.4) is 0 Å². The van der Waals surface area contributed by atoms with Gasteiger partial charge in [0, 0.05) is 12.5 Å². The molecule has 0 saturated carbocycles. The lowest BCUT2D eigenvalue weighted by molar-refractivity contribution is -0.148. The van der Waals surface area contributed by atoms with Crippen LogP contribution < -0.4 is 0 Å². The van der Waals surface area contributed by atoms with Crippen LogP contribution >= 0.6 is 0 Å². The van der Waals surface area contributed by atoms with Crippen molar-refractivity contribution in [1.82, 2.24) is 9.97 Å². The van der Waals surface area contributed by atoms with Crippen LogP contribution in [-0.2, 0) is 16.0 Å². The Morgan fingerprint density at radius 3 is 2.63 bits per heavy atom. The summed E-state index contributed by atoms with van der Waals surface area (Å²) in [4.78, 5) is 19.7. The Hall–Kier alpha value is -3.14. The maximum atomic E-state index is 11.8. The van der Waals surface area contributed by atoms with Crippen LogP contribution in [-0.4, -0.2) is 21.5 Å². The number of carbonyl (C=O) groups is 1. The maximum absolute atomic E-state index is 11.8. The Morgan fingerprint density at radius 1 is 1.11 bits per heavy atom. The number of esters is 1. The van der Waals surface area contributed by atoms with Gasteiger partial charge in [0.2, 0.25) is 0 Å². The van der Waals surface area contributed by atoms with E-state index in [0.717, 1.165) is 28.2 Å². The highest BCUT2D eigenvalue weighted by atomic mass is 16.6. The normalized spacial score (nSPS) is 11.7. The lowest BCUT2D eigenvalue weighted by Crippen LogP contribution is -2.22. The van der Waals surface area contributed by atoms with Crippen molar-refractivity contribution in [2.75, 3.05) is 0 Å². The summed E-state index contributed by atoms with van der Waals surface area (Å²) in [7, 11) is 0. The van der Waals surface area contributed by atoms with Crippen molar-refractivity contribution in [2.45, 2.75) is 32.8 Å². The number of aromatic amines is 1. The fraction of sp³-hybridized carbons (Fsp3) is 0.217. The summed E-state index contributed by atoms with van der Waals surface area (Å²) in [6, 6.07) is 18.2. The highest BCUT2D eigenvalue weighted by molar-refractivity contribution is 5.87. The molecule has 1 aromatic heterocycles. The average molecular weight is 360 g/mol. The standard InChI is InChI=1S/C23H24N2O2/c1-23(2,3)27-22(26)13-12-17-8-7-9-18(14-17)15-21-24-16-20(25-21)19-10-5-4-6-11-19/h4-14,16H,15H2,1-3H3,(H,24,25)/b13-12+. The SMILES string of the molecule is CC(C)(C)OC(=O)/C=C/c1cccc(Cc2ncc(-c3ccccc3)[nH]2)c1. The van der Waals surface area contributed by atoms with Gasteiger partial charge in [0.15, 0.2) is 0 Å². The topological polar surface area (TPSA) is 55.0 Å². The first-order valence-corrected chi connectivity index (χ1v) is 8.98. The maximum Gasteiger partial charge on any atom is 0.331 e. The summed E-state index contributed by atoms with van der Waals surface area (Å²) in [6.45, 7) is 5.56. The molecule has 3 aromatic rings. The molecule has 2 aromatic carbocycles. The lowest BCUT2D eigenvalue weighted by atomic mass is 10.1. The van der Waals surface area contributed by atoms with Crippen LogP contribution in [0.4, 0.5) is 0 Å². The highest BCUT2D eigenvalue weighted by Crippen LogP contribution is 2.18. The van der Waals surface area contributed by atoms with Crippen molar-refractivity contribution in [2.24, 2.45) is 0 Å². The number of H-pyrrole nitrogens is 1. The molecule has 4 nitrogen and oxygen atoms in total. The van der Waals surface area contributed by atoms with Crippen molar-refractivity contribution in [3.05, 3.63) is 83.8 Å². The Bertz CT molecular complexity index is 934. The summed E-state index contributed by atoms with van der Waals surface area (Å²) in [5, 5.41) is 0. The van der Waals surface area contributed by atoms with Gasteiger partial charge in [-0.3, -0.25) is 0 Å². The van der Waals surface area contributed by atoms with E-state index in [1.165, 1.54) is 6.08 Å². The Balaban J connectivity index is 1.68. The summed E-state index contributed by atoms with van der Waals surface area (Å²) in [5.74, 6) is 0.563. The van der Waals surface area contributed by atoms with Gasteiger partial charge in [-0.15, -0.1) is 0 Å². The van der Waals surface area contributed by atoms with Crippen LogP contribution in [0.15, 0.2) is 66.9 Å². The molecule has 0 atom stereocenters. The lowest BCUT2D eigenvalue weighted by Gasteiger charge is -2.17. The third-order valence-corrected chi connectivity index (χ3v) is 3.85. The zero-order valence-electron chi connectivity index (χ0n) is 15.9. The van der Waals surface area contributed by atoms with E-state index in [1.807, 2.05) is 63.4 Å². The molecule has 4 heteroatoms. The van der Waals surface area contributed by atoms with Crippen molar-refractivity contribution >= 4 is 12.0 Å². The first-order chi connectivity index (χ1) is 12.9. The molecule has 1 N–H and O–H groups in total. The third kappa shape index (κ3) is 5.68. The van der Waals surface area contributed by atoms with Gasteiger partial charge in [0.05, 0.1) is 11.9 Å². The van der Waals surface area contributed by atoms with Crippen LogP contribution in [0.5, 0.6) is 0 Å². The predicted octanol–water partition coefficient (Wildman–Crippen LogP) is 5.02. The molecule has 0 radical (unpaired) electrons. The zero-order chi connectivity index (χ0) is 19.3. The van der Waals surface area contributed by atoms with E-state index >= 15 is 0 Å². The van der Waals surface area contributed by atoms with Crippen molar-refractivity contribution in [3.8, 4) is 11.3 Å². The van der Waals surface area contributed by atoms with E-state index in [0.29, 0.717) is 6.42 Å². The number of ether oxygens (including phenoxy) is 1. The molecule has 27 heavy (non-hydrogen) atoms. The zero-order valence-corrected chi connectivity index (χ0v) is 15.9. The number of hydrogen-bond donors (Lipinski definition) is 1. The second-order valence-corrected chi connectivity index (χ2v) is 7.40. The summed E-state index contributed by atoms with van der Waals surface area (Å²) >= 11 is 0. The van der Waals surface area contributed by atoms with Crippen molar-refractivity contribution < 1.29 is 9.53 Å². The number of benzene rings is 2. The molecule has 0 saturated heterocycles. The van der Waals surface area contributed by atoms with Gasteiger partial charge >= 0.3 is 5.97 Å². The molecule has 1 heterocycles. The van der Waals surface area contributed by atoms with Gasteiger partial charge in [0.25, 0.3) is 0 Å². The molecule has 138 valence electrons. The monoisotopic (exact) mass is 360 g/mol. The number of aromatic nitrogens is 2. The molecule has 0 aliphatic heterocycles. The van der Waals surface area contributed by atoms with Crippen LogP contribution in [0.25, 0.3) is 17.3 Å². The molecule has 0 unspecified atom stereocenters. The minimum atomic E-state index is -0.487. The molecular formula is C23H24N2O2. The average Bonchev–Trinajstić information content (AvgIpc) is 3.08. The Morgan fingerprint density at radius 2 is 1.89 bits per heavy atom. The molecule has 0 aliphatic carbocycles. The van der Waals surface area contributed by atoms with Gasteiger partial charge in [-0.25, -0.2) is 9.78 Å². The summed E-state index contributed by atoms with van der Waals surface area (Å²) in [6.07, 6.45) is 5.79. The van der Waals surface area contributed by atoms with E-state index < -0.39 is 5.60 Å². The molecule has 3 rings (SSSR count). The Kier molecular flexibility index (Phi) is 5.55. The number of carbonyl (C=O) groups excluding carboxylic acids is 1. The summed E-state index contributed by atoms with van der Waals surface area (Å²) in [5.41, 5.74) is 3.71. The van der Waals surface area contributed by atoms with E-state index in [2.05, 4.69) is 28.2 Å². The second kappa shape index (κ2) is 8.04. The molecule has 0 amide bonds. The largest absolute Gasteiger partial charge is 0.457 e. The number of hydrogen-bond acceptors (Lipinski definition) is 3. The molecule has 0 aliphatic rings. The number of nitrogens with zero attached hydrogens (tertiary/aromatic N) is 1. The molecule has 0 fully saturated rings. The summed E-state index contributed by atoms with van der Waals surface area (Å²) < 4.78 is 5.29.